The van der Waals surface area contributed by atoms with Gasteiger partial charge in [0.2, 0.25) is 21.9 Å². The molecule has 6 heterocycles. The van der Waals surface area contributed by atoms with E-state index < -0.39 is 27.3 Å². The summed E-state index contributed by atoms with van der Waals surface area (Å²) in [6, 6.07) is 179. The lowest BCUT2D eigenvalue weighted by atomic mass is 9.62. The summed E-state index contributed by atoms with van der Waals surface area (Å²) in [6.07, 6.45) is 0. The van der Waals surface area contributed by atoms with E-state index in [-0.39, 0.29) is 10.8 Å². The Labute approximate surface area is 810 Å². The van der Waals surface area contributed by atoms with Crippen LogP contribution in [0.15, 0.2) is 516 Å². The summed E-state index contributed by atoms with van der Waals surface area (Å²) in [4.78, 5) is 4.80. The summed E-state index contributed by atoms with van der Waals surface area (Å²) in [6.45, 7) is 9.19. The zero-order valence-corrected chi connectivity index (χ0v) is 80.0. The SMILES string of the molecule is CC1(C)c2ccccc2N(P(=O)(c2ccccc2)c2ccccc2)c2ccc(-n3c4ccccc4c4ccccc43)cc21.CC1(C)c2ccccc2N(c2ccc3c(c2)c2ccccc2n3P(=O)(c2ccccc2)c2ccccc2)c2ccccc21.O=P(c1ccccc1)(c1ccccc1)n1c2ccccc2c2cc(N3c4ccccc4C(c4ccccc4)(c4ccccc4)c4ccccc43)ccc21. The van der Waals surface area contributed by atoms with E-state index in [0.29, 0.717) is 0 Å². The highest BCUT2D eigenvalue weighted by molar-refractivity contribution is 7.80. The molecule has 3 aliphatic heterocycles. The van der Waals surface area contributed by atoms with E-state index in [2.05, 4.69) is 377 Å². The van der Waals surface area contributed by atoms with Crippen molar-refractivity contribution < 1.29 is 13.7 Å². The first kappa shape index (κ1) is 85.8. The van der Waals surface area contributed by atoms with Gasteiger partial charge in [0.15, 0.2) is 0 Å². The van der Waals surface area contributed by atoms with Crippen LogP contribution < -0.4 is 46.3 Å². The molecule has 26 rings (SSSR count). The van der Waals surface area contributed by atoms with Crippen molar-refractivity contribution in [3.05, 3.63) is 560 Å². The summed E-state index contributed by atoms with van der Waals surface area (Å²) in [5.41, 5.74) is 24.8. The Morgan fingerprint density at radius 2 is 0.432 bits per heavy atom. The number of aromatic nitrogens is 3. The van der Waals surface area contributed by atoms with Gasteiger partial charge in [-0.05, 0) is 226 Å². The van der Waals surface area contributed by atoms with Gasteiger partial charge in [-0.25, -0.2) is 0 Å². The Morgan fingerprint density at radius 1 is 0.187 bits per heavy atom. The number of hydrogen-bond donors (Lipinski definition) is 0. The smallest absolute Gasteiger partial charge is 0.234 e. The Kier molecular flexibility index (Phi) is 21.2. The van der Waals surface area contributed by atoms with Gasteiger partial charge in [-0.15, -0.1) is 0 Å². The van der Waals surface area contributed by atoms with Crippen LogP contribution in [0.2, 0.25) is 0 Å². The lowest BCUT2D eigenvalue weighted by molar-refractivity contribution is 0.582. The summed E-state index contributed by atoms with van der Waals surface area (Å²) in [5, 5.41) is 11.6. The van der Waals surface area contributed by atoms with Crippen molar-refractivity contribution in [2.45, 2.75) is 43.9 Å². The average Bonchev–Trinajstić information content (AvgIpc) is 1.66. The van der Waals surface area contributed by atoms with Gasteiger partial charge in [-0.2, -0.15) is 0 Å². The van der Waals surface area contributed by atoms with Crippen molar-refractivity contribution >= 4 is 165 Å². The minimum atomic E-state index is -3.36. The Bertz CT molecular complexity index is 8510. The van der Waals surface area contributed by atoms with Crippen LogP contribution in [0.3, 0.4) is 0 Å². The molecule has 0 spiro atoms. The molecule has 668 valence electrons. The van der Waals surface area contributed by atoms with Crippen LogP contribution in [0.4, 0.5) is 45.5 Å². The van der Waals surface area contributed by atoms with Crippen LogP contribution in [0, 0.1) is 0 Å². The number of benzene rings is 20. The number of hydrogen-bond acceptors (Lipinski definition) is 5. The molecule has 0 bridgehead atoms. The van der Waals surface area contributed by atoms with Crippen molar-refractivity contribution in [3.63, 3.8) is 0 Å². The van der Waals surface area contributed by atoms with Crippen LogP contribution in [0.5, 0.6) is 0 Å². The molecule has 139 heavy (non-hydrogen) atoms. The highest BCUT2D eigenvalue weighted by Gasteiger charge is 2.49. The third-order valence-electron chi connectivity index (χ3n) is 28.9. The third kappa shape index (κ3) is 13.5. The average molecular weight is 1850 g/mol. The molecule has 3 aromatic heterocycles. The number of para-hydroxylation sites is 9. The zero-order valence-electron chi connectivity index (χ0n) is 77.3. The summed E-state index contributed by atoms with van der Waals surface area (Å²) in [5.74, 6) is 0. The quantitative estimate of drug-likeness (QED) is 0.101. The standard InChI is InChI=1S/C49H35N2OP.2C39H31N2OP/c52-53(39-23-9-3-10-24-39,40-25-11-4-12-26-40)51-45-30-16-13-27-41(45)42-35-38(33-34-46(42)51)50-47-31-17-14-28-43(47)49(36-19-5-1-6-20-36,37-21-7-2-8-22-37)44-29-15-18-32-48(44)50;1-39(2)33-20-10-13-23-37(33)40(38-24-14-11-21-34(38)39)28-25-26-36-32(27-28)31-19-9-12-22-35(31)41(36)43(42,29-15-5-3-6-16-29)30-17-7-4-8-18-30;1-39(2)33-21-11-14-24-37(33)41(43(42,29-15-5-3-6-16-29)30-17-7-4-8-18-30)38-26-25-28(27-34(38)39)40-35-22-12-9-19-31(35)32-20-10-13-23-36(32)40/h1-35H;2*3-27H,1-2H3. The predicted octanol–water partition coefficient (Wildman–Crippen LogP) is 30.9. The van der Waals surface area contributed by atoms with Gasteiger partial charge in [0, 0.05) is 92.0 Å². The molecule has 0 unspecified atom stereocenters. The molecular formula is C127H97N6O3P3. The van der Waals surface area contributed by atoms with E-state index in [1.807, 2.05) is 194 Å². The largest absolute Gasteiger partial charge is 0.310 e. The second-order valence-electron chi connectivity index (χ2n) is 37.2. The van der Waals surface area contributed by atoms with Gasteiger partial charge >= 0.3 is 0 Å². The zero-order chi connectivity index (χ0) is 93.8. The second-order valence-corrected chi connectivity index (χ2v) is 44.9. The molecule has 0 aliphatic carbocycles. The van der Waals surface area contributed by atoms with E-state index in [9.17, 15) is 0 Å². The maximum Gasteiger partial charge on any atom is 0.234 e. The maximum absolute atomic E-state index is 15.9. The van der Waals surface area contributed by atoms with E-state index in [0.717, 1.165) is 126 Å². The van der Waals surface area contributed by atoms with Gasteiger partial charge in [0.05, 0.1) is 72.6 Å². The molecule has 23 aromatic rings. The molecule has 0 atom stereocenters. The lowest BCUT2D eigenvalue weighted by Crippen LogP contribution is -2.37. The van der Waals surface area contributed by atoms with Gasteiger partial charge < -0.3 is 14.4 Å². The normalized spacial score (nSPS) is 13.8. The lowest BCUT2D eigenvalue weighted by Gasteiger charge is -2.46. The van der Waals surface area contributed by atoms with Crippen molar-refractivity contribution in [1.82, 2.24) is 13.2 Å². The first-order valence-electron chi connectivity index (χ1n) is 47.5. The molecule has 20 aromatic carbocycles. The van der Waals surface area contributed by atoms with Crippen LogP contribution in [-0.2, 0) is 29.9 Å². The highest BCUT2D eigenvalue weighted by atomic mass is 31.2. The molecule has 0 fully saturated rings. The van der Waals surface area contributed by atoms with Gasteiger partial charge in [-0.3, -0.25) is 27.0 Å². The van der Waals surface area contributed by atoms with Crippen molar-refractivity contribution in [2.24, 2.45) is 0 Å². The Balaban J connectivity index is 0.000000114. The molecule has 0 N–H and O–H groups in total. The van der Waals surface area contributed by atoms with E-state index in [1.165, 1.54) is 66.6 Å². The van der Waals surface area contributed by atoms with Gasteiger partial charge in [-0.1, -0.05) is 361 Å². The van der Waals surface area contributed by atoms with E-state index in [1.54, 1.807) is 0 Å². The Hall–Kier alpha value is -16.1. The fourth-order valence-corrected chi connectivity index (χ4v) is 31.2. The predicted molar refractivity (Wildman–Crippen MR) is 584 cm³/mol. The first-order valence-corrected chi connectivity index (χ1v) is 52.5. The van der Waals surface area contributed by atoms with Gasteiger partial charge in [0.1, 0.15) is 0 Å². The maximum atomic E-state index is 15.9. The molecule has 0 saturated carbocycles. The van der Waals surface area contributed by atoms with Crippen LogP contribution in [-0.4, -0.2) is 13.2 Å². The molecule has 0 amide bonds. The monoisotopic (exact) mass is 1850 g/mol. The Morgan fingerprint density at radius 3 is 0.791 bits per heavy atom. The van der Waals surface area contributed by atoms with Gasteiger partial charge in [0.25, 0.3) is 0 Å². The highest BCUT2D eigenvalue weighted by Crippen LogP contribution is 2.64. The summed E-state index contributed by atoms with van der Waals surface area (Å²) < 4.78 is 56.2. The van der Waals surface area contributed by atoms with E-state index in [4.69, 9.17) is 0 Å². The summed E-state index contributed by atoms with van der Waals surface area (Å²) >= 11 is 0. The van der Waals surface area contributed by atoms with Crippen LogP contribution >= 0.6 is 21.9 Å². The number of rotatable bonds is 14. The molecule has 12 heteroatoms. The summed E-state index contributed by atoms with van der Waals surface area (Å²) in [7, 11) is -9.99. The van der Waals surface area contributed by atoms with E-state index >= 15 is 13.7 Å². The number of anilines is 8. The molecular weight excluding hydrogens is 1750 g/mol. The second kappa shape index (κ2) is 34.3. The molecule has 0 saturated heterocycles. The minimum Gasteiger partial charge on any atom is -0.310 e. The fraction of sp³-hybridized carbons (Fsp3) is 0.0551. The van der Waals surface area contributed by atoms with Crippen molar-refractivity contribution in [1.29, 1.82) is 0 Å². The molecule has 9 nitrogen and oxygen atoms in total. The van der Waals surface area contributed by atoms with Crippen molar-refractivity contribution in [3.8, 4) is 5.69 Å². The van der Waals surface area contributed by atoms with Crippen LogP contribution in [0.25, 0.3) is 71.1 Å². The fourth-order valence-electron chi connectivity index (χ4n) is 22.6. The number of nitrogens with zero attached hydrogens (tertiary/aromatic N) is 6. The minimum absolute atomic E-state index is 0.123. The first-order chi connectivity index (χ1) is 68.2. The third-order valence-corrected chi connectivity index (χ3v) is 37.9. The topological polar surface area (TPSA) is 75.7 Å². The van der Waals surface area contributed by atoms with Crippen molar-refractivity contribution in [2.75, 3.05) is 14.5 Å². The molecule has 0 radical (unpaired) electrons. The number of fused-ring (bicyclic) bond motifs is 15. The van der Waals surface area contributed by atoms with Crippen LogP contribution in [0.1, 0.15) is 72.2 Å². The molecule has 3 aliphatic rings.